The van der Waals surface area contributed by atoms with Gasteiger partial charge in [-0.05, 0) is 23.5 Å². The van der Waals surface area contributed by atoms with Crippen molar-refractivity contribution in [1.29, 1.82) is 0 Å². The number of anilines is 1. The minimum atomic E-state index is -0.901. The quantitative estimate of drug-likeness (QED) is 0.873. The summed E-state index contributed by atoms with van der Waals surface area (Å²) >= 11 is 1.13. The van der Waals surface area contributed by atoms with Gasteiger partial charge in [-0.2, -0.15) is 0 Å². The summed E-state index contributed by atoms with van der Waals surface area (Å²) in [6, 6.07) is 3.78. The van der Waals surface area contributed by atoms with Gasteiger partial charge in [-0.15, -0.1) is 0 Å². The lowest BCUT2D eigenvalue weighted by Crippen LogP contribution is -2.36. The number of rotatable bonds is 4. The zero-order valence-corrected chi connectivity index (χ0v) is 15.8. The Morgan fingerprint density at radius 1 is 1.31 bits per heavy atom. The van der Waals surface area contributed by atoms with E-state index in [1.807, 2.05) is 32.9 Å². The molecule has 0 aliphatic carbocycles. The van der Waals surface area contributed by atoms with Gasteiger partial charge in [-0.1, -0.05) is 20.8 Å². The van der Waals surface area contributed by atoms with E-state index < -0.39 is 6.09 Å². The van der Waals surface area contributed by atoms with Gasteiger partial charge in [0.2, 0.25) is 5.06 Å². The van der Waals surface area contributed by atoms with Crippen LogP contribution >= 0.6 is 11.3 Å². The minimum absolute atomic E-state index is 0.162. The van der Waals surface area contributed by atoms with Crippen molar-refractivity contribution >= 4 is 23.2 Å². The summed E-state index contributed by atoms with van der Waals surface area (Å²) in [4.78, 5) is 22.0. The van der Waals surface area contributed by atoms with Crippen molar-refractivity contribution in [3.63, 3.8) is 0 Å². The molecule has 9 heteroatoms. The zero-order chi connectivity index (χ0) is 18.7. The summed E-state index contributed by atoms with van der Waals surface area (Å²) in [6.45, 7) is 9.07. The number of morpholine rings is 1. The van der Waals surface area contributed by atoms with Gasteiger partial charge >= 0.3 is 6.09 Å². The topological polar surface area (TPSA) is 99.8 Å². The van der Waals surface area contributed by atoms with Gasteiger partial charge in [0, 0.05) is 18.5 Å². The molecule has 3 heterocycles. The third-order valence-corrected chi connectivity index (χ3v) is 4.55. The Bertz CT molecular complexity index is 764. The maximum Gasteiger partial charge on any atom is 0.411 e. The maximum absolute atomic E-state index is 11.0. The van der Waals surface area contributed by atoms with Crippen LogP contribution in [-0.4, -0.2) is 42.4 Å². The third-order valence-electron chi connectivity index (χ3n) is 3.74. The Kier molecular flexibility index (Phi) is 5.28. The monoisotopic (exact) mass is 378 g/mol. The van der Waals surface area contributed by atoms with Gasteiger partial charge in [-0.25, -0.2) is 14.8 Å². The Morgan fingerprint density at radius 2 is 2.04 bits per heavy atom. The van der Waals surface area contributed by atoms with Crippen molar-refractivity contribution in [3.05, 3.63) is 24.0 Å². The van der Waals surface area contributed by atoms with Crippen LogP contribution in [0.25, 0.3) is 0 Å². The first-order valence-corrected chi connectivity index (χ1v) is 9.10. The van der Waals surface area contributed by atoms with E-state index in [1.165, 1.54) is 0 Å². The summed E-state index contributed by atoms with van der Waals surface area (Å²) in [5.74, 6) is 1.47. The van der Waals surface area contributed by atoms with Crippen molar-refractivity contribution in [2.24, 2.45) is 5.73 Å². The number of hydrogen-bond acceptors (Lipinski definition) is 8. The van der Waals surface area contributed by atoms with E-state index in [1.54, 1.807) is 6.20 Å². The SMILES string of the molecule is CC(C)(C)c1nc(OC(N)=O)sc1Oc1ccc(N2CCOCC2)nc1. The molecule has 8 nitrogen and oxygen atoms in total. The average Bonchev–Trinajstić information content (AvgIpc) is 2.98. The molecule has 1 aliphatic rings. The molecule has 2 aromatic heterocycles. The van der Waals surface area contributed by atoms with E-state index >= 15 is 0 Å². The molecule has 0 unspecified atom stereocenters. The average molecular weight is 378 g/mol. The van der Waals surface area contributed by atoms with E-state index in [9.17, 15) is 4.79 Å². The molecular weight excluding hydrogens is 356 g/mol. The van der Waals surface area contributed by atoms with Crippen molar-refractivity contribution in [3.8, 4) is 16.0 Å². The number of aromatic nitrogens is 2. The molecule has 1 saturated heterocycles. The summed E-state index contributed by atoms with van der Waals surface area (Å²) in [5, 5.41) is 0.713. The number of amides is 1. The molecule has 1 fully saturated rings. The van der Waals surface area contributed by atoms with Crippen LogP contribution in [0.5, 0.6) is 16.0 Å². The molecule has 2 aromatic rings. The largest absolute Gasteiger partial charge is 0.443 e. The summed E-state index contributed by atoms with van der Waals surface area (Å²) in [7, 11) is 0. The first-order chi connectivity index (χ1) is 12.3. The molecule has 1 amide bonds. The standard InChI is InChI=1S/C17H22N4O4S/c1-17(2,3)13-14(26-16(20-13)25-15(18)22)24-11-4-5-12(19-10-11)21-6-8-23-9-7-21/h4-5,10H,6-9H2,1-3H3,(H2,18,22). The zero-order valence-electron chi connectivity index (χ0n) is 15.0. The highest BCUT2D eigenvalue weighted by molar-refractivity contribution is 7.15. The van der Waals surface area contributed by atoms with Gasteiger partial charge in [0.25, 0.3) is 5.19 Å². The second-order valence-electron chi connectivity index (χ2n) is 6.84. The summed E-state index contributed by atoms with van der Waals surface area (Å²) in [5.41, 5.74) is 5.48. The number of thiazole rings is 1. The first-order valence-electron chi connectivity index (χ1n) is 8.28. The lowest BCUT2D eigenvalue weighted by atomic mass is 9.93. The van der Waals surface area contributed by atoms with Crippen LogP contribution in [0.4, 0.5) is 10.6 Å². The fourth-order valence-electron chi connectivity index (χ4n) is 2.48. The molecule has 0 atom stereocenters. The second-order valence-corrected chi connectivity index (χ2v) is 7.76. The molecule has 0 spiro atoms. The lowest BCUT2D eigenvalue weighted by molar-refractivity contribution is 0.122. The molecule has 0 saturated carbocycles. The fourth-order valence-corrected chi connectivity index (χ4v) is 3.49. The van der Waals surface area contributed by atoms with Crippen molar-refractivity contribution in [1.82, 2.24) is 9.97 Å². The van der Waals surface area contributed by atoms with Crippen LogP contribution in [0, 0.1) is 0 Å². The first kappa shape index (κ1) is 18.4. The number of ether oxygens (including phenoxy) is 3. The maximum atomic E-state index is 11.0. The third kappa shape index (κ3) is 4.41. The predicted molar refractivity (Wildman–Crippen MR) is 98.4 cm³/mol. The van der Waals surface area contributed by atoms with E-state index in [0.29, 0.717) is 29.7 Å². The van der Waals surface area contributed by atoms with Crippen molar-refractivity contribution < 1.29 is 19.0 Å². The smallest absolute Gasteiger partial charge is 0.411 e. The van der Waals surface area contributed by atoms with Crippen LogP contribution in [0.15, 0.2) is 18.3 Å². The van der Waals surface area contributed by atoms with E-state index in [2.05, 4.69) is 14.9 Å². The Labute approximate surface area is 155 Å². The van der Waals surface area contributed by atoms with E-state index in [4.69, 9.17) is 19.9 Å². The van der Waals surface area contributed by atoms with Crippen molar-refractivity contribution in [2.45, 2.75) is 26.2 Å². The number of nitrogens with zero attached hydrogens (tertiary/aromatic N) is 3. The number of pyridine rings is 1. The van der Waals surface area contributed by atoms with Gasteiger partial charge in [0.05, 0.1) is 19.4 Å². The summed E-state index contributed by atoms with van der Waals surface area (Å²) in [6.07, 6.45) is 0.772. The van der Waals surface area contributed by atoms with Gasteiger partial charge in [0.15, 0.2) is 0 Å². The normalized spacial score (nSPS) is 15.0. The number of hydrogen-bond donors (Lipinski definition) is 1. The van der Waals surface area contributed by atoms with Crippen LogP contribution in [0.3, 0.4) is 0 Å². The molecule has 3 rings (SSSR count). The van der Waals surface area contributed by atoms with Crippen LogP contribution in [0.1, 0.15) is 26.5 Å². The molecule has 0 aromatic carbocycles. The number of nitrogens with two attached hydrogens (primary N) is 1. The molecule has 2 N–H and O–H groups in total. The van der Waals surface area contributed by atoms with Gasteiger partial charge in [0.1, 0.15) is 17.3 Å². The van der Waals surface area contributed by atoms with Crippen LogP contribution in [-0.2, 0) is 10.2 Å². The fraction of sp³-hybridized carbons (Fsp3) is 0.471. The number of primary amides is 1. The minimum Gasteiger partial charge on any atom is -0.443 e. The molecule has 0 bridgehead atoms. The van der Waals surface area contributed by atoms with Crippen LogP contribution < -0.4 is 20.1 Å². The highest BCUT2D eigenvalue weighted by atomic mass is 32.1. The molecule has 140 valence electrons. The Balaban J connectivity index is 1.79. The predicted octanol–water partition coefficient (Wildman–Crippen LogP) is 2.92. The van der Waals surface area contributed by atoms with E-state index in [-0.39, 0.29) is 10.6 Å². The number of carbonyl (C=O) groups is 1. The summed E-state index contributed by atoms with van der Waals surface area (Å²) < 4.78 is 16.2. The van der Waals surface area contributed by atoms with E-state index in [0.717, 1.165) is 30.2 Å². The molecule has 26 heavy (non-hydrogen) atoms. The van der Waals surface area contributed by atoms with Crippen LogP contribution in [0.2, 0.25) is 0 Å². The highest BCUT2D eigenvalue weighted by Crippen LogP contribution is 2.41. The van der Waals surface area contributed by atoms with Crippen molar-refractivity contribution in [2.75, 3.05) is 31.2 Å². The second kappa shape index (κ2) is 7.46. The van der Waals surface area contributed by atoms with Gasteiger partial charge in [-0.3, -0.25) is 0 Å². The lowest BCUT2D eigenvalue weighted by Gasteiger charge is -2.27. The molecule has 1 aliphatic heterocycles. The Morgan fingerprint density at radius 3 is 2.62 bits per heavy atom. The highest BCUT2D eigenvalue weighted by Gasteiger charge is 2.26. The molecular formula is C17H22N4O4S. The number of carbonyl (C=O) groups excluding carboxylic acids is 1. The molecule has 0 radical (unpaired) electrons. The van der Waals surface area contributed by atoms with Gasteiger partial charge < -0.3 is 24.8 Å². The Hall–Kier alpha value is -2.39.